The summed E-state index contributed by atoms with van der Waals surface area (Å²) in [6.07, 6.45) is 1.79. The van der Waals surface area contributed by atoms with E-state index in [9.17, 15) is 4.79 Å². The van der Waals surface area contributed by atoms with Gasteiger partial charge in [0.2, 0.25) is 5.91 Å². The van der Waals surface area contributed by atoms with E-state index in [4.69, 9.17) is 0 Å². The molecule has 3 unspecified atom stereocenters. The molecule has 2 heterocycles. The van der Waals surface area contributed by atoms with Crippen molar-refractivity contribution in [2.24, 2.45) is 5.92 Å². The fourth-order valence-electron chi connectivity index (χ4n) is 3.20. The quantitative estimate of drug-likeness (QED) is 0.920. The predicted octanol–water partition coefficient (Wildman–Crippen LogP) is 3.63. The largest absolute Gasteiger partial charge is 0.376 e. The number of carbonyl (C=O) groups is 1. The lowest BCUT2D eigenvalue weighted by atomic mass is 9.85. The second kappa shape index (κ2) is 5.79. The number of aromatic nitrogens is 1. The Hall–Kier alpha value is -2.36. The smallest absolute Gasteiger partial charge is 0.224 e. The predicted molar refractivity (Wildman–Crippen MR) is 88.8 cm³/mol. The number of carbonyl (C=O) groups excluding carboxylic acids is 1. The summed E-state index contributed by atoms with van der Waals surface area (Å²) >= 11 is 0. The molecule has 2 aromatic rings. The van der Waals surface area contributed by atoms with Crippen LogP contribution in [0.5, 0.6) is 0 Å². The lowest BCUT2D eigenvalue weighted by molar-refractivity contribution is -0.117. The number of para-hydroxylation sites is 1. The van der Waals surface area contributed by atoms with Crippen molar-refractivity contribution in [1.82, 2.24) is 4.98 Å². The fourth-order valence-corrected chi connectivity index (χ4v) is 3.20. The van der Waals surface area contributed by atoms with E-state index in [1.54, 1.807) is 13.1 Å². The second-order valence-electron chi connectivity index (χ2n) is 5.88. The van der Waals surface area contributed by atoms with Gasteiger partial charge in [0.05, 0.1) is 17.4 Å². The molecule has 0 radical (unpaired) electrons. The lowest BCUT2D eigenvalue weighted by Gasteiger charge is -2.43. The van der Waals surface area contributed by atoms with Crippen LogP contribution >= 0.6 is 0 Å². The van der Waals surface area contributed by atoms with Crippen molar-refractivity contribution in [3.63, 3.8) is 0 Å². The van der Waals surface area contributed by atoms with Crippen molar-refractivity contribution in [2.45, 2.75) is 32.9 Å². The topological polar surface area (TPSA) is 45.2 Å². The number of fused-ring (bicyclic) bond motifs is 1. The van der Waals surface area contributed by atoms with Crippen molar-refractivity contribution < 1.29 is 4.79 Å². The fraction of sp³-hybridized carbons (Fsp3) is 0.333. The van der Waals surface area contributed by atoms with E-state index < -0.39 is 0 Å². The molecule has 1 aromatic carbocycles. The van der Waals surface area contributed by atoms with E-state index in [2.05, 4.69) is 36.3 Å². The minimum absolute atomic E-state index is 0.0618. The van der Waals surface area contributed by atoms with Gasteiger partial charge >= 0.3 is 0 Å². The lowest BCUT2D eigenvalue weighted by Crippen LogP contribution is -2.48. The molecule has 0 saturated carbocycles. The molecule has 0 fully saturated rings. The summed E-state index contributed by atoms with van der Waals surface area (Å²) in [5.74, 6) is 0.318. The standard InChI is InChI=1S/C18H21N3O/c1-12-13(2)21(14(3)22)16-10-7-11-19-18(16)17(12)20-15-8-5-4-6-9-15/h4-13,17,20H,1-3H3. The molecule has 1 aliphatic rings. The third-order valence-electron chi connectivity index (χ3n) is 4.50. The molecule has 4 heteroatoms. The van der Waals surface area contributed by atoms with Gasteiger partial charge in [-0.05, 0) is 31.2 Å². The maximum Gasteiger partial charge on any atom is 0.224 e. The average molecular weight is 295 g/mol. The van der Waals surface area contributed by atoms with Crippen LogP contribution in [-0.2, 0) is 4.79 Å². The highest BCUT2D eigenvalue weighted by Crippen LogP contribution is 2.40. The Labute approximate surface area is 131 Å². The van der Waals surface area contributed by atoms with Gasteiger partial charge in [0.25, 0.3) is 0 Å². The molecule has 1 aromatic heterocycles. The zero-order chi connectivity index (χ0) is 15.7. The average Bonchev–Trinajstić information content (AvgIpc) is 2.52. The Balaban J connectivity index is 2.03. The Bertz CT molecular complexity index is 671. The first kappa shape index (κ1) is 14.6. The number of pyridine rings is 1. The van der Waals surface area contributed by atoms with E-state index >= 15 is 0 Å². The zero-order valence-corrected chi connectivity index (χ0v) is 13.2. The SMILES string of the molecule is CC(=O)N1c2cccnc2C(Nc2ccccc2)C(C)C1C. The summed E-state index contributed by atoms with van der Waals surface area (Å²) in [5, 5.41) is 3.58. The van der Waals surface area contributed by atoms with Crippen LogP contribution in [0.15, 0.2) is 48.7 Å². The number of hydrogen-bond acceptors (Lipinski definition) is 3. The molecule has 1 aliphatic heterocycles. The number of rotatable bonds is 2. The Kier molecular flexibility index (Phi) is 3.84. The van der Waals surface area contributed by atoms with Crippen LogP contribution in [-0.4, -0.2) is 16.9 Å². The van der Waals surface area contributed by atoms with Gasteiger partial charge in [-0.25, -0.2) is 0 Å². The monoisotopic (exact) mass is 295 g/mol. The van der Waals surface area contributed by atoms with E-state index in [-0.39, 0.29) is 23.9 Å². The highest BCUT2D eigenvalue weighted by molar-refractivity contribution is 5.93. The summed E-state index contributed by atoms with van der Waals surface area (Å²) in [5.41, 5.74) is 2.92. The number of anilines is 2. The minimum atomic E-state index is 0.0618. The molecule has 0 spiro atoms. The van der Waals surface area contributed by atoms with Crippen molar-refractivity contribution in [1.29, 1.82) is 0 Å². The Morgan fingerprint density at radius 2 is 1.86 bits per heavy atom. The van der Waals surface area contributed by atoms with Gasteiger partial charge in [0, 0.05) is 30.8 Å². The molecule has 0 saturated heterocycles. The molecule has 1 N–H and O–H groups in total. The highest BCUT2D eigenvalue weighted by Gasteiger charge is 2.38. The molecule has 0 bridgehead atoms. The zero-order valence-electron chi connectivity index (χ0n) is 13.2. The van der Waals surface area contributed by atoms with Crippen molar-refractivity contribution in [2.75, 3.05) is 10.2 Å². The highest BCUT2D eigenvalue weighted by atomic mass is 16.2. The van der Waals surface area contributed by atoms with Crippen LogP contribution in [0.3, 0.4) is 0 Å². The minimum Gasteiger partial charge on any atom is -0.376 e. The van der Waals surface area contributed by atoms with Gasteiger partial charge in [0.1, 0.15) is 0 Å². The number of amides is 1. The number of nitrogens with zero attached hydrogens (tertiary/aromatic N) is 2. The number of nitrogens with one attached hydrogen (secondary N) is 1. The Morgan fingerprint density at radius 1 is 1.14 bits per heavy atom. The number of benzene rings is 1. The third-order valence-corrected chi connectivity index (χ3v) is 4.50. The van der Waals surface area contributed by atoms with Gasteiger partial charge in [0.15, 0.2) is 0 Å². The molecular formula is C18H21N3O. The van der Waals surface area contributed by atoms with Crippen molar-refractivity contribution in [3.05, 3.63) is 54.4 Å². The number of hydrogen-bond donors (Lipinski definition) is 1. The van der Waals surface area contributed by atoms with E-state index in [0.29, 0.717) is 0 Å². The molecule has 3 atom stereocenters. The second-order valence-corrected chi connectivity index (χ2v) is 5.88. The van der Waals surface area contributed by atoms with Crippen molar-refractivity contribution in [3.8, 4) is 0 Å². The molecular weight excluding hydrogens is 274 g/mol. The summed E-state index contributed by atoms with van der Waals surface area (Å²) in [7, 11) is 0. The van der Waals surface area contributed by atoms with Crippen LogP contribution in [0.1, 0.15) is 32.5 Å². The van der Waals surface area contributed by atoms with Gasteiger partial charge in [-0.1, -0.05) is 25.1 Å². The van der Waals surface area contributed by atoms with Gasteiger partial charge in [-0.3, -0.25) is 9.78 Å². The first-order valence-electron chi connectivity index (χ1n) is 7.66. The summed E-state index contributed by atoms with van der Waals surface area (Å²) in [4.78, 5) is 18.5. The summed E-state index contributed by atoms with van der Waals surface area (Å²) < 4.78 is 0. The van der Waals surface area contributed by atoms with Gasteiger partial charge < -0.3 is 10.2 Å². The van der Waals surface area contributed by atoms with Gasteiger partial charge in [-0.15, -0.1) is 0 Å². The maximum absolute atomic E-state index is 12.1. The first-order chi connectivity index (χ1) is 10.6. The van der Waals surface area contributed by atoms with Crippen LogP contribution < -0.4 is 10.2 Å². The molecule has 114 valence electrons. The van der Waals surface area contributed by atoms with Crippen LogP contribution in [0.25, 0.3) is 0 Å². The molecule has 22 heavy (non-hydrogen) atoms. The van der Waals surface area contributed by atoms with Crippen LogP contribution in [0.2, 0.25) is 0 Å². The van der Waals surface area contributed by atoms with Crippen molar-refractivity contribution >= 4 is 17.3 Å². The van der Waals surface area contributed by atoms with E-state index in [1.165, 1.54) is 0 Å². The first-order valence-corrected chi connectivity index (χ1v) is 7.66. The Morgan fingerprint density at radius 3 is 2.55 bits per heavy atom. The molecule has 1 amide bonds. The van der Waals surface area contributed by atoms with Crippen LogP contribution in [0.4, 0.5) is 11.4 Å². The van der Waals surface area contributed by atoms with Gasteiger partial charge in [-0.2, -0.15) is 0 Å². The summed E-state index contributed by atoms with van der Waals surface area (Å²) in [6.45, 7) is 5.88. The molecule has 0 aliphatic carbocycles. The van der Waals surface area contributed by atoms with Crippen LogP contribution in [0, 0.1) is 5.92 Å². The van der Waals surface area contributed by atoms with E-state index in [0.717, 1.165) is 17.1 Å². The summed E-state index contributed by atoms with van der Waals surface area (Å²) in [6, 6.07) is 14.2. The maximum atomic E-state index is 12.1. The third kappa shape index (κ3) is 2.45. The molecule has 3 rings (SSSR count). The molecule has 4 nitrogen and oxygen atoms in total. The van der Waals surface area contributed by atoms with E-state index in [1.807, 2.05) is 35.2 Å². The normalized spacial score (nSPS) is 23.8.